The standard InChI is InChI=1S/C10H13BrN2/c11-10-5-4-8(7-13-10)6-12-9-2-1-3-9/h4-5,7,9,12H,1-3,6H2. The highest BCUT2D eigenvalue weighted by molar-refractivity contribution is 9.10. The minimum absolute atomic E-state index is 0.753. The Morgan fingerprint density at radius 2 is 2.31 bits per heavy atom. The van der Waals surface area contributed by atoms with E-state index in [2.05, 4.69) is 32.3 Å². The van der Waals surface area contributed by atoms with Crippen LogP contribution in [0.3, 0.4) is 0 Å². The van der Waals surface area contributed by atoms with Gasteiger partial charge in [-0.2, -0.15) is 0 Å². The van der Waals surface area contributed by atoms with Crippen LogP contribution >= 0.6 is 15.9 Å². The van der Waals surface area contributed by atoms with Gasteiger partial charge in [-0.25, -0.2) is 4.98 Å². The van der Waals surface area contributed by atoms with Gasteiger partial charge in [0.15, 0.2) is 0 Å². The Bertz CT molecular complexity index is 267. The highest BCUT2D eigenvalue weighted by Crippen LogP contribution is 2.18. The molecule has 0 bridgehead atoms. The molecule has 70 valence electrons. The van der Waals surface area contributed by atoms with Crippen molar-refractivity contribution in [3.8, 4) is 0 Å². The summed E-state index contributed by atoms with van der Waals surface area (Å²) in [6.45, 7) is 0.949. The quantitative estimate of drug-likeness (QED) is 0.822. The molecule has 0 aliphatic heterocycles. The van der Waals surface area contributed by atoms with E-state index in [0.717, 1.165) is 17.2 Å². The largest absolute Gasteiger partial charge is 0.310 e. The average molecular weight is 241 g/mol. The van der Waals surface area contributed by atoms with E-state index in [1.807, 2.05) is 12.3 Å². The van der Waals surface area contributed by atoms with Crippen molar-refractivity contribution in [2.75, 3.05) is 0 Å². The van der Waals surface area contributed by atoms with E-state index in [0.29, 0.717) is 0 Å². The Hall–Kier alpha value is -0.410. The van der Waals surface area contributed by atoms with Crippen molar-refractivity contribution >= 4 is 15.9 Å². The first kappa shape index (κ1) is 9.16. The Morgan fingerprint density at radius 1 is 1.46 bits per heavy atom. The summed E-state index contributed by atoms with van der Waals surface area (Å²) in [6.07, 6.45) is 5.97. The number of nitrogens with zero attached hydrogens (tertiary/aromatic N) is 1. The first-order valence-electron chi connectivity index (χ1n) is 4.68. The Kier molecular flexibility index (Phi) is 2.96. The summed E-state index contributed by atoms with van der Waals surface area (Å²) in [5.41, 5.74) is 1.26. The van der Waals surface area contributed by atoms with Crippen LogP contribution in [-0.2, 0) is 6.54 Å². The van der Waals surface area contributed by atoms with Crippen molar-refractivity contribution in [1.82, 2.24) is 10.3 Å². The second-order valence-corrected chi connectivity index (χ2v) is 4.31. The van der Waals surface area contributed by atoms with Gasteiger partial charge < -0.3 is 5.32 Å². The van der Waals surface area contributed by atoms with Crippen molar-refractivity contribution < 1.29 is 0 Å². The molecule has 0 unspecified atom stereocenters. The normalized spacial score (nSPS) is 17.0. The van der Waals surface area contributed by atoms with Crippen molar-refractivity contribution in [2.24, 2.45) is 0 Å². The van der Waals surface area contributed by atoms with E-state index in [4.69, 9.17) is 0 Å². The van der Waals surface area contributed by atoms with E-state index >= 15 is 0 Å². The molecule has 1 aliphatic carbocycles. The van der Waals surface area contributed by atoms with Gasteiger partial charge in [-0.05, 0) is 40.4 Å². The molecule has 0 aromatic carbocycles. The zero-order valence-electron chi connectivity index (χ0n) is 7.46. The predicted octanol–water partition coefficient (Wildman–Crippen LogP) is 2.49. The molecule has 1 fully saturated rings. The minimum Gasteiger partial charge on any atom is -0.310 e. The Morgan fingerprint density at radius 3 is 2.85 bits per heavy atom. The van der Waals surface area contributed by atoms with Crippen LogP contribution in [0.1, 0.15) is 24.8 Å². The molecule has 1 aliphatic rings. The van der Waals surface area contributed by atoms with Crippen molar-refractivity contribution in [2.45, 2.75) is 31.8 Å². The Balaban J connectivity index is 1.83. The topological polar surface area (TPSA) is 24.9 Å². The van der Waals surface area contributed by atoms with Crippen LogP contribution in [0.2, 0.25) is 0 Å². The van der Waals surface area contributed by atoms with Gasteiger partial charge in [-0.3, -0.25) is 0 Å². The number of nitrogens with one attached hydrogen (secondary N) is 1. The molecule has 1 aromatic heterocycles. The maximum atomic E-state index is 4.18. The molecule has 1 aromatic rings. The molecule has 3 heteroatoms. The molecule has 0 spiro atoms. The van der Waals surface area contributed by atoms with Crippen LogP contribution in [0, 0.1) is 0 Å². The molecule has 2 nitrogen and oxygen atoms in total. The minimum atomic E-state index is 0.753. The van der Waals surface area contributed by atoms with Crippen molar-refractivity contribution in [3.05, 3.63) is 28.5 Å². The Labute approximate surface area is 86.9 Å². The lowest BCUT2D eigenvalue weighted by atomic mass is 9.93. The third kappa shape index (κ3) is 2.51. The number of pyridine rings is 1. The van der Waals surface area contributed by atoms with Gasteiger partial charge in [0, 0.05) is 18.8 Å². The van der Waals surface area contributed by atoms with Crippen molar-refractivity contribution in [1.29, 1.82) is 0 Å². The van der Waals surface area contributed by atoms with Crippen LogP contribution in [0.4, 0.5) is 0 Å². The highest BCUT2D eigenvalue weighted by atomic mass is 79.9. The first-order chi connectivity index (χ1) is 6.34. The number of hydrogen-bond acceptors (Lipinski definition) is 2. The smallest absolute Gasteiger partial charge is 0.106 e. The number of rotatable bonds is 3. The van der Waals surface area contributed by atoms with Crippen molar-refractivity contribution in [3.63, 3.8) is 0 Å². The molecule has 13 heavy (non-hydrogen) atoms. The van der Waals surface area contributed by atoms with Gasteiger partial charge in [0.05, 0.1) is 0 Å². The number of halogens is 1. The third-order valence-electron chi connectivity index (χ3n) is 2.49. The average Bonchev–Trinajstić information content (AvgIpc) is 2.05. The second kappa shape index (κ2) is 4.20. The molecule has 0 radical (unpaired) electrons. The summed E-state index contributed by atoms with van der Waals surface area (Å²) < 4.78 is 0.903. The summed E-state index contributed by atoms with van der Waals surface area (Å²) in [5.74, 6) is 0. The summed E-state index contributed by atoms with van der Waals surface area (Å²) in [5, 5.41) is 3.50. The zero-order valence-corrected chi connectivity index (χ0v) is 9.05. The molecule has 1 N–H and O–H groups in total. The van der Waals surface area contributed by atoms with E-state index < -0.39 is 0 Å². The van der Waals surface area contributed by atoms with E-state index in [1.165, 1.54) is 24.8 Å². The van der Waals surface area contributed by atoms with Gasteiger partial charge >= 0.3 is 0 Å². The van der Waals surface area contributed by atoms with Crippen LogP contribution in [-0.4, -0.2) is 11.0 Å². The maximum absolute atomic E-state index is 4.18. The SMILES string of the molecule is Brc1ccc(CNC2CCC2)cn1. The van der Waals surface area contributed by atoms with E-state index in [9.17, 15) is 0 Å². The maximum Gasteiger partial charge on any atom is 0.106 e. The molecule has 1 heterocycles. The fourth-order valence-electron chi connectivity index (χ4n) is 1.39. The van der Waals surface area contributed by atoms with Gasteiger partial charge in [-0.1, -0.05) is 12.5 Å². The van der Waals surface area contributed by atoms with Crippen LogP contribution < -0.4 is 5.32 Å². The van der Waals surface area contributed by atoms with Crippen LogP contribution in [0.15, 0.2) is 22.9 Å². The summed E-state index contributed by atoms with van der Waals surface area (Å²) in [4.78, 5) is 4.18. The molecular formula is C10H13BrN2. The van der Waals surface area contributed by atoms with E-state index in [-0.39, 0.29) is 0 Å². The molecule has 0 amide bonds. The molecule has 0 saturated heterocycles. The van der Waals surface area contributed by atoms with E-state index in [1.54, 1.807) is 0 Å². The lowest BCUT2D eigenvalue weighted by Crippen LogP contribution is -2.34. The molecular weight excluding hydrogens is 228 g/mol. The fraction of sp³-hybridized carbons (Fsp3) is 0.500. The summed E-state index contributed by atoms with van der Waals surface area (Å²) >= 11 is 3.32. The zero-order chi connectivity index (χ0) is 9.10. The predicted molar refractivity (Wildman–Crippen MR) is 56.4 cm³/mol. The number of hydrogen-bond donors (Lipinski definition) is 1. The van der Waals surface area contributed by atoms with Gasteiger partial charge in [0.25, 0.3) is 0 Å². The summed E-state index contributed by atoms with van der Waals surface area (Å²) in [7, 11) is 0. The van der Waals surface area contributed by atoms with Crippen LogP contribution in [0.25, 0.3) is 0 Å². The van der Waals surface area contributed by atoms with Gasteiger partial charge in [0.2, 0.25) is 0 Å². The summed E-state index contributed by atoms with van der Waals surface area (Å²) in [6, 6.07) is 4.84. The molecule has 1 saturated carbocycles. The lowest BCUT2D eigenvalue weighted by Gasteiger charge is -2.26. The molecule has 0 atom stereocenters. The monoisotopic (exact) mass is 240 g/mol. The molecule has 2 rings (SSSR count). The van der Waals surface area contributed by atoms with Gasteiger partial charge in [-0.15, -0.1) is 0 Å². The fourth-order valence-corrected chi connectivity index (χ4v) is 1.62. The lowest BCUT2D eigenvalue weighted by molar-refractivity contribution is 0.338. The van der Waals surface area contributed by atoms with Gasteiger partial charge in [0.1, 0.15) is 4.60 Å². The highest BCUT2D eigenvalue weighted by Gasteiger charge is 2.15. The van der Waals surface area contributed by atoms with Crippen LogP contribution in [0.5, 0.6) is 0 Å². The number of aromatic nitrogens is 1. The first-order valence-corrected chi connectivity index (χ1v) is 5.48. The second-order valence-electron chi connectivity index (χ2n) is 3.50. The third-order valence-corrected chi connectivity index (χ3v) is 2.96.